The fourth-order valence-corrected chi connectivity index (χ4v) is 5.46. The van der Waals surface area contributed by atoms with Crippen LogP contribution in [0.3, 0.4) is 0 Å². The van der Waals surface area contributed by atoms with E-state index in [1.54, 1.807) is 0 Å². The Kier molecular flexibility index (Phi) is 7.25. The Hall–Kier alpha value is -1.44. The molecule has 1 aromatic rings. The van der Waals surface area contributed by atoms with Gasteiger partial charge in [-0.25, -0.2) is 4.99 Å². The number of nitrogens with zero attached hydrogens (tertiary/aromatic N) is 2. The van der Waals surface area contributed by atoms with E-state index in [2.05, 4.69) is 66.7 Å². The highest BCUT2D eigenvalue weighted by molar-refractivity contribution is 5.92. The Balaban J connectivity index is 1.71. The van der Waals surface area contributed by atoms with Gasteiger partial charge in [-0.15, -0.1) is 0 Å². The Morgan fingerprint density at radius 2 is 1.73 bits per heavy atom. The van der Waals surface area contributed by atoms with Crippen molar-refractivity contribution < 1.29 is 0 Å². The molecule has 0 spiro atoms. The monoisotopic (exact) mass is 408 g/mol. The first kappa shape index (κ1) is 23.2. The molecule has 0 N–H and O–H groups in total. The Morgan fingerprint density at radius 3 is 2.43 bits per heavy atom. The Morgan fingerprint density at radius 1 is 1.03 bits per heavy atom. The van der Waals surface area contributed by atoms with E-state index in [1.807, 2.05) is 6.34 Å². The Labute approximate surface area is 185 Å². The number of benzene rings is 1. The van der Waals surface area contributed by atoms with Gasteiger partial charge in [0.25, 0.3) is 0 Å². The van der Waals surface area contributed by atoms with E-state index in [9.17, 15) is 0 Å². The third-order valence-electron chi connectivity index (χ3n) is 7.79. The largest absolute Gasteiger partial charge is 0.265 e. The molecule has 2 heteroatoms. The molecule has 0 saturated carbocycles. The van der Waals surface area contributed by atoms with Crippen LogP contribution in [0.15, 0.2) is 28.2 Å². The quantitative estimate of drug-likeness (QED) is 0.434. The summed E-state index contributed by atoms with van der Waals surface area (Å²) in [5.74, 6) is 1.33. The summed E-state index contributed by atoms with van der Waals surface area (Å²) in [6, 6.07) is 7.44. The molecular weight excluding hydrogens is 364 g/mol. The molecule has 3 rings (SSSR count). The summed E-state index contributed by atoms with van der Waals surface area (Å²) in [7, 11) is 0. The van der Waals surface area contributed by atoms with Gasteiger partial charge in [0.1, 0.15) is 6.34 Å². The molecule has 0 bridgehead atoms. The van der Waals surface area contributed by atoms with Crippen LogP contribution in [0.4, 0.5) is 0 Å². The SMILES string of the molecule is CCCC(C)CCCC1=NC=NC(c2ccc3c(c2)C(C)(C)CCC3(C)C)CC1C. The summed E-state index contributed by atoms with van der Waals surface area (Å²) in [6.07, 6.45) is 11.8. The molecule has 1 heterocycles. The van der Waals surface area contributed by atoms with Gasteiger partial charge in [0, 0.05) is 5.71 Å². The highest BCUT2D eigenvalue weighted by atomic mass is 14.9. The van der Waals surface area contributed by atoms with E-state index >= 15 is 0 Å². The van der Waals surface area contributed by atoms with Gasteiger partial charge in [-0.1, -0.05) is 85.9 Å². The standard InChI is InChI=1S/C28H44N2/c1-8-10-20(2)11-9-12-25-21(3)17-26(30-19-29-25)22-13-14-23-24(18-22)28(6,7)16-15-27(23,4)5/h13-14,18-21,26H,8-12,15-17H2,1-7H3. The van der Waals surface area contributed by atoms with Crippen molar-refractivity contribution in [2.75, 3.05) is 0 Å². The zero-order valence-corrected chi connectivity index (χ0v) is 20.6. The molecule has 3 unspecified atom stereocenters. The smallest absolute Gasteiger partial charge is 0.110 e. The van der Waals surface area contributed by atoms with E-state index in [1.165, 1.54) is 60.9 Å². The number of hydrogen-bond donors (Lipinski definition) is 0. The molecule has 2 nitrogen and oxygen atoms in total. The predicted molar refractivity (Wildman–Crippen MR) is 132 cm³/mol. The zero-order chi connectivity index (χ0) is 21.9. The van der Waals surface area contributed by atoms with E-state index in [-0.39, 0.29) is 16.9 Å². The minimum Gasteiger partial charge on any atom is -0.265 e. The van der Waals surface area contributed by atoms with E-state index < -0.39 is 0 Å². The molecule has 1 aliphatic heterocycles. The van der Waals surface area contributed by atoms with Gasteiger partial charge in [-0.05, 0) is 71.5 Å². The van der Waals surface area contributed by atoms with Gasteiger partial charge in [0.05, 0.1) is 6.04 Å². The van der Waals surface area contributed by atoms with Crippen molar-refractivity contribution in [2.24, 2.45) is 21.8 Å². The summed E-state index contributed by atoms with van der Waals surface area (Å²) in [6.45, 7) is 16.6. The van der Waals surface area contributed by atoms with Crippen molar-refractivity contribution in [3.8, 4) is 0 Å². The lowest BCUT2D eigenvalue weighted by molar-refractivity contribution is 0.331. The Bertz CT molecular complexity index is 784. The van der Waals surface area contributed by atoms with Crippen molar-refractivity contribution >= 4 is 12.1 Å². The molecule has 1 aliphatic carbocycles. The minimum atomic E-state index is 0.228. The van der Waals surface area contributed by atoms with Gasteiger partial charge in [0.15, 0.2) is 0 Å². The summed E-state index contributed by atoms with van der Waals surface area (Å²) in [5.41, 5.74) is 6.31. The maximum Gasteiger partial charge on any atom is 0.110 e. The van der Waals surface area contributed by atoms with Crippen LogP contribution in [0.2, 0.25) is 0 Å². The van der Waals surface area contributed by atoms with Crippen molar-refractivity contribution in [3.05, 3.63) is 34.9 Å². The summed E-state index contributed by atoms with van der Waals surface area (Å²) in [5, 5.41) is 0. The second-order valence-corrected chi connectivity index (χ2v) is 11.4. The molecule has 0 radical (unpaired) electrons. The van der Waals surface area contributed by atoms with E-state index in [0.29, 0.717) is 5.92 Å². The average Bonchev–Trinajstić information content (AvgIpc) is 2.87. The van der Waals surface area contributed by atoms with Crippen molar-refractivity contribution in [1.29, 1.82) is 0 Å². The van der Waals surface area contributed by atoms with Crippen LogP contribution >= 0.6 is 0 Å². The summed E-state index contributed by atoms with van der Waals surface area (Å²) >= 11 is 0. The molecule has 30 heavy (non-hydrogen) atoms. The van der Waals surface area contributed by atoms with Crippen LogP contribution in [0, 0.1) is 11.8 Å². The first-order valence-corrected chi connectivity index (χ1v) is 12.4. The lowest BCUT2D eigenvalue weighted by Crippen LogP contribution is -2.34. The minimum absolute atomic E-state index is 0.228. The summed E-state index contributed by atoms with van der Waals surface area (Å²) < 4.78 is 0. The van der Waals surface area contributed by atoms with Gasteiger partial charge in [0.2, 0.25) is 0 Å². The second kappa shape index (κ2) is 9.37. The number of fused-ring (bicyclic) bond motifs is 1. The van der Waals surface area contributed by atoms with Gasteiger partial charge in [-0.2, -0.15) is 0 Å². The van der Waals surface area contributed by atoms with Crippen molar-refractivity contribution in [3.63, 3.8) is 0 Å². The fourth-order valence-electron chi connectivity index (χ4n) is 5.46. The summed E-state index contributed by atoms with van der Waals surface area (Å²) in [4.78, 5) is 9.67. The van der Waals surface area contributed by atoms with Crippen LogP contribution in [-0.2, 0) is 10.8 Å². The molecule has 166 valence electrons. The van der Waals surface area contributed by atoms with Crippen molar-refractivity contribution in [2.45, 2.75) is 117 Å². The lowest BCUT2D eigenvalue weighted by Gasteiger charge is -2.42. The van der Waals surface area contributed by atoms with Gasteiger partial charge < -0.3 is 0 Å². The molecule has 2 aliphatic rings. The molecule has 0 aromatic heterocycles. The highest BCUT2D eigenvalue weighted by Crippen LogP contribution is 2.46. The van der Waals surface area contributed by atoms with Crippen LogP contribution < -0.4 is 0 Å². The van der Waals surface area contributed by atoms with Crippen LogP contribution in [0.25, 0.3) is 0 Å². The van der Waals surface area contributed by atoms with Crippen LogP contribution in [0.5, 0.6) is 0 Å². The topological polar surface area (TPSA) is 24.7 Å². The molecule has 0 saturated heterocycles. The fraction of sp³-hybridized carbons (Fsp3) is 0.714. The number of aliphatic imine (C=N–C) groups is 2. The normalized spacial score (nSPS) is 25.9. The van der Waals surface area contributed by atoms with E-state index in [0.717, 1.165) is 18.8 Å². The molecule has 0 amide bonds. The third kappa shape index (κ3) is 5.24. The second-order valence-electron chi connectivity index (χ2n) is 11.4. The average molecular weight is 409 g/mol. The lowest BCUT2D eigenvalue weighted by atomic mass is 9.63. The third-order valence-corrected chi connectivity index (χ3v) is 7.79. The highest BCUT2D eigenvalue weighted by Gasteiger charge is 2.37. The zero-order valence-electron chi connectivity index (χ0n) is 20.6. The first-order valence-electron chi connectivity index (χ1n) is 12.4. The maximum absolute atomic E-state index is 4.89. The first-order chi connectivity index (χ1) is 14.1. The predicted octanol–water partition coefficient (Wildman–Crippen LogP) is 8.19. The molecule has 3 atom stereocenters. The molecule has 0 fully saturated rings. The van der Waals surface area contributed by atoms with Crippen molar-refractivity contribution in [1.82, 2.24) is 0 Å². The van der Waals surface area contributed by atoms with Gasteiger partial charge >= 0.3 is 0 Å². The number of hydrogen-bond acceptors (Lipinski definition) is 2. The number of rotatable bonds is 7. The van der Waals surface area contributed by atoms with Crippen LogP contribution in [0.1, 0.15) is 123 Å². The maximum atomic E-state index is 4.89. The van der Waals surface area contributed by atoms with E-state index in [4.69, 9.17) is 9.98 Å². The molecular formula is C28H44N2. The van der Waals surface area contributed by atoms with Crippen LogP contribution in [-0.4, -0.2) is 12.1 Å². The van der Waals surface area contributed by atoms with Gasteiger partial charge in [-0.3, -0.25) is 4.99 Å². The molecule has 1 aromatic carbocycles.